The van der Waals surface area contributed by atoms with Crippen LogP contribution in [0.1, 0.15) is 71.5 Å². The van der Waals surface area contributed by atoms with Crippen LogP contribution < -0.4 is 5.32 Å². The van der Waals surface area contributed by atoms with Gasteiger partial charge in [0.15, 0.2) is 0 Å². The van der Waals surface area contributed by atoms with Gasteiger partial charge in [0.2, 0.25) is 11.8 Å². The van der Waals surface area contributed by atoms with Crippen molar-refractivity contribution >= 4 is 17.8 Å². The largest absolute Gasteiger partial charge is 0.461 e. The fourth-order valence-corrected chi connectivity index (χ4v) is 4.61. The van der Waals surface area contributed by atoms with E-state index in [0.717, 1.165) is 41.6 Å². The van der Waals surface area contributed by atoms with Crippen LogP contribution in [0.4, 0.5) is 0 Å². The van der Waals surface area contributed by atoms with Crippen molar-refractivity contribution in [2.75, 3.05) is 19.7 Å². The summed E-state index contributed by atoms with van der Waals surface area (Å²) in [5.41, 5.74) is 5.52. The number of aromatic amines is 1. The van der Waals surface area contributed by atoms with Crippen LogP contribution in [0.15, 0.2) is 24.3 Å². The van der Waals surface area contributed by atoms with Gasteiger partial charge in [-0.3, -0.25) is 9.59 Å². The van der Waals surface area contributed by atoms with Gasteiger partial charge in [0.05, 0.1) is 12.5 Å². The summed E-state index contributed by atoms with van der Waals surface area (Å²) in [6, 6.07) is 8.28. The number of carbonyl (C=O) groups is 3. The average Bonchev–Trinajstić information content (AvgIpc) is 3.14. The molecule has 3 rings (SSSR count). The molecule has 2 aromatic rings. The Labute approximate surface area is 202 Å². The van der Waals surface area contributed by atoms with E-state index in [1.165, 1.54) is 5.56 Å². The van der Waals surface area contributed by atoms with Crippen LogP contribution in [0.2, 0.25) is 0 Å². The van der Waals surface area contributed by atoms with Crippen molar-refractivity contribution < 1.29 is 19.1 Å². The molecule has 1 aromatic heterocycles. The smallest absolute Gasteiger partial charge is 0.355 e. The third-order valence-electron chi connectivity index (χ3n) is 6.70. The summed E-state index contributed by atoms with van der Waals surface area (Å²) in [5, 5.41) is 3.04. The van der Waals surface area contributed by atoms with Crippen molar-refractivity contribution in [3.05, 3.63) is 57.9 Å². The Morgan fingerprint density at radius 3 is 2.50 bits per heavy atom. The number of ether oxygens (including phenoxy) is 1. The maximum Gasteiger partial charge on any atom is 0.355 e. The molecule has 1 fully saturated rings. The lowest BCUT2D eigenvalue weighted by atomic mass is 9.96. The number of aryl methyl sites for hydroxylation is 2. The molecule has 1 atom stereocenters. The quantitative estimate of drug-likeness (QED) is 0.548. The molecule has 0 bridgehead atoms. The third-order valence-corrected chi connectivity index (χ3v) is 6.70. The summed E-state index contributed by atoms with van der Waals surface area (Å²) < 4.78 is 5.11. The van der Waals surface area contributed by atoms with Crippen molar-refractivity contribution in [3.63, 3.8) is 0 Å². The zero-order valence-electron chi connectivity index (χ0n) is 20.8. The third kappa shape index (κ3) is 6.27. The van der Waals surface area contributed by atoms with Crippen LogP contribution in [0, 0.1) is 19.8 Å². The first-order chi connectivity index (χ1) is 16.3. The molecule has 1 saturated heterocycles. The number of amides is 2. The highest BCUT2D eigenvalue weighted by molar-refractivity contribution is 5.90. The van der Waals surface area contributed by atoms with E-state index in [0.29, 0.717) is 44.8 Å². The average molecular weight is 468 g/mol. The Morgan fingerprint density at radius 2 is 1.82 bits per heavy atom. The van der Waals surface area contributed by atoms with Crippen LogP contribution in [0.25, 0.3) is 0 Å². The van der Waals surface area contributed by atoms with Gasteiger partial charge < -0.3 is 19.9 Å². The number of piperidine rings is 1. The van der Waals surface area contributed by atoms with Gasteiger partial charge in [0, 0.05) is 31.7 Å². The summed E-state index contributed by atoms with van der Waals surface area (Å²) in [6.45, 7) is 9.64. The standard InChI is InChI=1S/C27H37N3O4/c1-5-20-9-11-21(12-10-20)16-28-26(32)22-8-7-15-30(17-22)24(31)14-13-23-18(3)25(29-19(23)4)27(33)34-6-2/h9-12,22,29H,5-8,13-17H2,1-4H3,(H,28,32). The zero-order valence-corrected chi connectivity index (χ0v) is 20.8. The number of nitrogens with zero attached hydrogens (tertiary/aromatic N) is 1. The monoisotopic (exact) mass is 467 g/mol. The van der Waals surface area contributed by atoms with E-state index in [4.69, 9.17) is 4.74 Å². The van der Waals surface area contributed by atoms with E-state index in [2.05, 4.69) is 29.4 Å². The van der Waals surface area contributed by atoms with E-state index in [9.17, 15) is 14.4 Å². The molecule has 7 nitrogen and oxygen atoms in total. The van der Waals surface area contributed by atoms with Crippen molar-refractivity contribution in [2.45, 2.75) is 66.3 Å². The Kier molecular flexibility index (Phi) is 8.91. The Balaban J connectivity index is 1.52. The first-order valence-electron chi connectivity index (χ1n) is 12.3. The number of aromatic nitrogens is 1. The predicted octanol–water partition coefficient (Wildman–Crippen LogP) is 3.86. The molecular weight excluding hydrogens is 430 g/mol. The van der Waals surface area contributed by atoms with Gasteiger partial charge in [-0.05, 0) is 68.7 Å². The molecule has 7 heteroatoms. The van der Waals surface area contributed by atoms with Gasteiger partial charge in [0.1, 0.15) is 5.69 Å². The molecule has 1 aliphatic rings. The molecule has 2 heterocycles. The Hall–Kier alpha value is -3.09. The Bertz CT molecular complexity index is 1010. The lowest BCUT2D eigenvalue weighted by Crippen LogP contribution is -2.45. The topological polar surface area (TPSA) is 91.5 Å². The second-order valence-electron chi connectivity index (χ2n) is 9.02. The van der Waals surface area contributed by atoms with E-state index in [-0.39, 0.29) is 23.7 Å². The zero-order chi connectivity index (χ0) is 24.7. The number of hydrogen-bond donors (Lipinski definition) is 2. The summed E-state index contributed by atoms with van der Waals surface area (Å²) in [4.78, 5) is 42.7. The Morgan fingerprint density at radius 1 is 1.12 bits per heavy atom. The van der Waals surface area contributed by atoms with Crippen molar-refractivity contribution in [1.29, 1.82) is 0 Å². The second-order valence-corrected chi connectivity index (χ2v) is 9.02. The van der Waals surface area contributed by atoms with E-state index in [1.807, 2.05) is 30.9 Å². The molecule has 0 radical (unpaired) electrons. The summed E-state index contributed by atoms with van der Waals surface area (Å²) in [7, 11) is 0. The first-order valence-corrected chi connectivity index (χ1v) is 12.3. The number of carbonyl (C=O) groups excluding carboxylic acids is 3. The number of esters is 1. The molecule has 34 heavy (non-hydrogen) atoms. The highest BCUT2D eigenvalue weighted by Gasteiger charge is 2.28. The molecule has 2 N–H and O–H groups in total. The summed E-state index contributed by atoms with van der Waals surface area (Å²) >= 11 is 0. The normalized spacial score (nSPS) is 15.8. The van der Waals surface area contributed by atoms with Crippen LogP contribution in [0.5, 0.6) is 0 Å². The van der Waals surface area contributed by atoms with Gasteiger partial charge in [-0.25, -0.2) is 4.79 Å². The molecule has 0 spiro atoms. The molecule has 1 unspecified atom stereocenters. The molecule has 1 aliphatic heterocycles. The molecule has 0 saturated carbocycles. The van der Waals surface area contributed by atoms with Crippen LogP contribution in [0.3, 0.4) is 0 Å². The number of hydrogen-bond acceptors (Lipinski definition) is 4. The first kappa shape index (κ1) is 25.5. The van der Waals surface area contributed by atoms with Crippen molar-refractivity contribution in [1.82, 2.24) is 15.2 Å². The van der Waals surface area contributed by atoms with Crippen LogP contribution >= 0.6 is 0 Å². The maximum atomic E-state index is 12.9. The molecular formula is C27H37N3O4. The van der Waals surface area contributed by atoms with Gasteiger partial charge in [0.25, 0.3) is 0 Å². The number of likely N-dealkylation sites (tertiary alicyclic amines) is 1. The van der Waals surface area contributed by atoms with Crippen LogP contribution in [-0.2, 0) is 33.7 Å². The summed E-state index contributed by atoms with van der Waals surface area (Å²) in [5.74, 6) is -0.496. The minimum Gasteiger partial charge on any atom is -0.461 e. The highest BCUT2D eigenvalue weighted by atomic mass is 16.5. The van der Waals surface area contributed by atoms with Gasteiger partial charge in [-0.15, -0.1) is 0 Å². The molecule has 0 aliphatic carbocycles. The van der Waals surface area contributed by atoms with Crippen LogP contribution in [-0.4, -0.2) is 47.4 Å². The number of benzene rings is 1. The number of nitrogens with one attached hydrogen (secondary N) is 2. The number of H-pyrrole nitrogens is 1. The second kappa shape index (κ2) is 11.9. The van der Waals surface area contributed by atoms with E-state index in [1.54, 1.807) is 6.92 Å². The van der Waals surface area contributed by atoms with Crippen molar-refractivity contribution in [2.24, 2.45) is 5.92 Å². The fraction of sp³-hybridized carbons (Fsp3) is 0.519. The van der Waals surface area contributed by atoms with Gasteiger partial charge in [-0.1, -0.05) is 31.2 Å². The SMILES string of the molecule is CCOC(=O)c1[nH]c(C)c(CCC(=O)N2CCCC(C(=O)NCc3ccc(CC)cc3)C2)c1C. The highest BCUT2D eigenvalue weighted by Crippen LogP contribution is 2.22. The van der Waals surface area contributed by atoms with E-state index >= 15 is 0 Å². The summed E-state index contributed by atoms with van der Waals surface area (Å²) in [6.07, 6.45) is 3.51. The lowest BCUT2D eigenvalue weighted by molar-refractivity contribution is -0.135. The van der Waals surface area contributed by atoms with E-state index < -0.39 is 0 Å². The van der Waals surface area contributed by atoms with Crippen molar-refractivity contribution in [3.8, 4) is 0 Å². The molecule has 184 valence electrons. The lowest BCUT2D eigenvalue weighted by Gasteiger charge is -2.32. The maximum absolute atomic E-state index is 12.9. The molecule has 1 aromatic carbocycles. The van der Waals surface area contributed by atoms with Gasteiger partial charge >= 0.3 is 5.97 Å². The number of rotatable bonds is 9. The fourth-order valence-electron chi connectivity index (χ4n) is 4.61. The van der Waals surface area contributed by atoms with Gasteiger partial charge in [-0.2, -0.15) is 0 Å². The minimum atomic E-state index is -0.369. The molecule has 2 amide bonds. The minimum absolute atomic E-state index is 0.00784. The predicted molar refractivity (Wildman–Crippen MR) is 132 cm³/mol.